The van der Waals surface area contributed by atoms with Crippen molar-refractivity contribution in [2.24, 2.45) is 0 Å². The van der Waals surface area contributed by atoms with Crippen LogP contribution >= 0.6 is 116 Å². The first kappa shape index (κ1) is 63.4. The van der Waals surface area contributed by atoms with Crippen LogP contribution in [0.15, 0.2) is 339 Å². The minimum atomic E-state index is 1.11. The van der Waals surface area contributed by atoms with Crippen LogP contribution in [0.5, 0.6) is 0 Å². The molecule has 0 bridgehead atoms. The standard InChI is InChI=1S/C78H51N3S3.C12H3Br3S3/c1-4-25-58(26-5-1)79(70-34-16-22-52-19-10-13-31-64(52)70)61-43-37-55(38-44-61)73-49-67-76(82-73)68-50-74(56-39-45-62(46-40-56)80(59-27-6-2-7-28-59)71-35-17-23-53-20-11-14-32-65(53)71)84-78(68)69-51-75(83-77(67)69)57-41-47-63(48-42-57)81(60-29-8-3-9-30-60)72-36-18-24-54-21-12-15-33-66(54)72;13-7-1-4-10(16-7)5-2-9(15)18-12(5)6-3-8(14)17-11(4)6/h1-51H;1-3H. The van der Waals surface area contributed by atoms with Crippen molar-refractivity contribution < 1.29 is 0 Å². The Kier molecular flexibility index (Phi) is 16.6. The molecule has 0 atom stereocenters. The molecule has 0 radical (unpaired) electrons. The van der Waals surface area contributed by atoms with Gasteiger partial charge in [0.2, 0.25) is 0 Å². The van der Waals surface area contributed by atoms with Gasteiger partial charge in [0, 0.05) is 125 Å². The molecule has 486 valence electrons. The molecule has 0 saturated heterocycles. The van der Waals surface area contributed by atoms with Gasteiger partial charge in [0.25, 0.3) is 0 Å². The zero-order valence-electron chi connectivity index (χ0n) is 54.1. The number of hydrogen-bond donors (Lipinski definition) is 0. The van der Waals surface area contributed by atoms with E-state index in [2.05, 4.69) is 390 Å². The molecule has 3 nitrogen and oxygen atoms in total. The second kappa shape index (κ2) is 26.7. The lowest BCUT2D eigenvalue weighted by atomic mass is 10.0. The highest BCUT2D eigenvalue weighted by molar-refractivity contribution is 9.11. The van der Waals surface area contributed by atoms with Crippen molar-refractivity contribution in [1.82, 2.24) is 0 Å². The van der Waals surface area contributed by atoms with Crippen LogP contribution in [-0.2, 0) is 0 Å². The predicted molar refractivity (Wildman–Crippen MR) is 461 cm³/mol. The van der Waals surface area contributed by atoms with Crippen molar-refractivity contribution in [3.8, 4) is 31.3 Å². The number of para-hydroxylation sites is 3. The molecule has 0 aliphatic heterocycles. The highest BCUT2D eigenvalue weighted by atomic mass is 79.9. The Hall–Kier alpha value is -9.54. The van der Waals surface area contributed by atoms with Gasteiger partial charge in [0.05, 0.1) is 28.4 Å². The first-order valence-electron chi connectivity index (χ1n) is 33.4. The number of benzene rings is 14. The first-order chi connectivity index (χ1) is 50.3. The monoisotopic (exact) mass is 1610 g/mol. The molecule has 0 spiro atoms. The summed E-state index contributed by atoms with van der Waals surface area (Å²) < 4.78 is 11.7. The Balaban J connectivity index is 0.000000345. The summed E-state index contributed by atoms with van der Waals surface area (Å²) in [5.41, 5.74) is 13.8. The molecule has 6 heterocycles. The van der Waals surface area contributed by atoms with Crippen molar-refractivity contribution in [1.29, 1.82) is 0 Å². The van der Waals surface area contributed by atoms with Gasteiger partial charge in [-0.15, -0.1) is 68.0 Å². The quantitative estimate of drug-likeness (QED) is 0.121. The third-order valence-electron chi connectivity index (χ3n) is 19.1. The maximum atomic E-state index is 3.61. The summed E-state index contributed by atoms with van der Waals surface area (Å²) >= 11 is 22.0. The number of nitrogens with zero attached hydrogens (tertiary/aromatic N) is 3. The fourth-order valence-electron chi connectivity index (χ4n) is 14.4. The third-order valence-corrected chi connectivity index (χ3v) is 27.7. The van der Waals surface area contributed by atoms with E-state index < -0.39 is 0 Å². The Bertz CT molecular complexity index is 5710. The molecule has 14 aromatic carbocycles. The molecule has 0 amide bonds. The number of rotatable bonds is 12. The van der Waals surface area contributed by atoms with E-state index in [1.807, 2.05) is 68.0 Å². The van der Waals surface area contributed by atoms with Crippen molar-refractivity contribution in [3.05, 3.63) is 339 Å². The number of thiophene rings is 6. The SMILES string of the molecule is Brc1cc2c(s1)c1cc(Br)sc1c1cc(Br)sc21.c1ccc(N(c2ccc(-c3cc4c(s3)c3cc(-c5ccc(N(c6ccccc6)c6cccc7ccccc67)cc5)sc3c3cc(-c5ccc(N(c6ccccc6)c6cccc7ccccc67)cc5)sc43)cc2)c2cccc3ccccc23)cc1. The van der Waals surface area contributed by atoms with Crippen molar-refractivity contribution in [3.63, 3.8) is 0 Å². The summed E-state index contributed by atoms with van der Waals surface area (Å²) in [6.45, 7) is 0. The molecule has 0 fully saturated rings. The lowest BCUT2D eigenvalue weighted by Gasteiger charge is -2.27. The minimum absolute atomic E-state index is 1.11. The van der Waals surface area contributed by atoms with Gasteiger partial charge in [-0.25, -0.2) is 0 Å². The molecule has 0 saturated carbocycles. The second-order valence-electron chi connectivity index (χ2n) is 25.1. The maximum Gasteiger partial charge on any atom is 0.0711 e. The van der Waals surface area contributed by atoms with Crippen LogP contribution in [0.25, 0.3) is 124 Å². The highest BCUT2D eigenvalue weighted by Gasteiger charge is 2.24. The van der Waals surface area contributed by atoms with Crippen LogP contribution in [0.1, 0.15) is 0 Å². The van der Waals surface area contributed by atoms with E-state index in [9.17, 15) is 0 Å². The van der Waals surface area contributed by atoms with E-state index in [-0.39, 0.29) is 0 Å². The van der Waals surface area contributed by atoms with E-state index in [0.29, 0.717) is 0 Å². The molecule has 0 aliphatic rings. The van der Waals surface area contributed by atoms with Crippen LogP contribution < -0.4 is 14.7 Å². The summed E-state index contributed by atoms with van der Waals surface area (Å²) in [5, 5.41) is 15.3. The van der Waals surface area contributed by atoms with Crippen LogP contribution in [0, 0.1) is 0 Å². The maximum absolute atomic E-state index is 3.61. The minimum Gasteiger partial charge on any atom is -0.310 e. The van der Waals surface area contributed by atoms with Crippen molar-refractivity contribution in [2.45, 2.75) is 0 Å². The predicted octanol–water partition coefficient (Wildman–Crippen LogP) is 31.8. The topological polar surface area (TPSA) is 9.72 Å². The Morgan fingerprint density at radius 1 is 0.186 bits per heavy atom. The first-order valence-corrected chi connectivity index (χ1v) is 40.7. The summed E-state index contributed by atoms with van der Waals surface area (Å²) in [4.78, 5) is 10.9. The number of halogens is 3. The molecule has 102 heavy (non-hydrogen) atoms. The van der Waals surface area contributed by atoms with E-state index >= 15 is 0 Å². The lowest BCUT2D eigenvalue weighted by molar-refractivity contribution is 1.30. The van der Waals surface area contributed by atoms with Gasteiger partial charge in [-0.2, -0.15) is 0 Å². The molecular weight excluding hydrogens is 1560 g/mol. The van der Waals surface area contributed by atoms with Crippen LogP contribution in [0.2, 0.25) is 0 Å². The lowest BCUT2D eigenvalue weighted by Crippen LogP contribution is -2.10. The van der Waals surface area contributed by atoms with E-state index in [1.54, 1.807) is 0 Å². The normalized spacial score (nSPS) is 11.7. The fourth-order valence-corrected chi connectivity index (χ4v) is 23.3. The van der Waals surface area contributed by atoms with Gasteiger partial charge in [0.15, 0.2) is 0 Å². The highest BCUT2D eigenvalue weighted by Crippen LogP contribution is 2.54. The van der Waals surface area contributed by atoms with Crippen LogP contribution in [-0.4, -0.2) is 0 Å². The van der Waals surface area contributed by atoms with Gasteiger partial charge in [-0.1, -0.05) is 200 Å². The zero-order chi connectivity index (χ0) is 67.9. The molecule has 0 N–H and O–H groups in total. The molecule has 20 rings (SSSR count). The molecule has 12 heteroatoms. The van der Waals surface area contributed by atoms with E-state index in [4.69, 9.17) is 0 Å². The van der Waals surface area contributed by atoms with Crippen molar-refractivity contribution in [2.75, 3.05) is 14.7 Å². The van der Waals surface area contributed by atoms with E-state index in [0.717, 1.165) is 51.2 Å². The number of hydrogen-bond acceptors (Lipinski definition) is 9. The summed E-state index contributed by atoms with van der Waals surface area (Å²) in [7, 11) is 0. The van der Waals surface area contributed by atoms with E-state index in [1.165, 1.54) is 136 Å². The smallest absolute Gasteiger partial charge is 0.0711 e. The fraction of sp³-hybridized carbons (Fsp3) is 0. The Labute approximate surface area is 638 Å². The van der Waals surface area contributed by atoms with Gasteiger partial charge >= 0.3 is 0 Å². The zero-order valence-corrected chi connectivity index (χ0v) is 63.8. The summed E-state index contributed by atoms with van der Waals surface area (Å²) in [6, 6.07) is 120. The molecule has 6 aromatic heterocycles. The molecule has 0 aliphatic carbocycles. The third kappa shape index (κ3) is 11.4. The number of fused-ring (bicyclic) bond motifs is 15. The van der Waals surface area contributed by atoms with Crippen LogP contribution in [0.3, 0.4) is 0 Å². The average Bonchev–Trinajstić information content (AvgIpc) is 1.57. The molecular formula is C90H54Br3N3S6. The summed E-state index contributed by atoms with van der Waals surface area (Å²) in [5.74, 6) is 0. The van der Waals surface area contributed by atoms with Gasteiger partial charge in [-0.05, 0) is 208 Å². The largest absolute Gasteiger partial charge is 0.310 e. The molecule has 0 unspecified atom stereocenters. The summed E-state index contributed by atoms with van der Waals surface area (Å²) in [6.07, 6.45) is 0. The van der Waals surface area contributed by atoms with Gasteiger partial charge in [0.1, 0.15) is 0 Å². The number of anilines is 9. The Morgan fingerprint density at radius 3 is 0.696 bits per heavy atom. The Morgan fingerprint density at radius 2 is 0.412 bits per heavy atom. The second-order valence-corrected chi connectivity index (χ2v) is 35.5. The van der Waals surface area contributed by atoms with Gasteiger partial charge < -0.3 is 14.7 Å². The van der Waals surface area contributed by atoms with Crippen molar-refractivity contribution >= 4 is 260 Å². The van der Waals surface area contributed by atoms with Crippen LogP contribution in [0.4, 0.5) is 51.2 Å². The van der Waals surface area contributed by atoms with Gasteiger partial charge in [-0.3, -0.25) is 0 Å². The molecule has 20 aromatic rings. The average molecular weight is 1610 g/mol.